The first-order chi connectivity index (χ1) is 8.31. The fourth-order valence-electron chi connectivity index (χ4n) is 1.81. The molecule has 0 amide bonds. The lowest BCUT2D eigenvalue weighted by molar-refractivity contribution is 1.14. The van der Waals surface area contributed by atoms with Gasteiger partial charge in [-0.3, -0.25) is 0 Å². The molecule has 2 heteroatoms. The molecule has 0 fully saturated rings. The van der Waals surface area contributed by atoms with E-state index in [-0.39, 0.29) is 12.4 Å². The Bertz CT molecular complexity index is 414. The van der Waals surface area contributed by atoms with Gasteiger partial charge in [0.15, 0.2) is 0 Å². The van der Waals surface area contributed by atoms with Crippen molar-refractivity contribution < 1.29 is 0 Å². The van der Waals surface area contributed by atoms with Gasteiger partial charge in [-0.2, -0.15) is 0 Å². The summed E-state index contributed by atoms with van der Waals surface area (Å²) in [6, 6.07) is 18.0. The van der Waals surface area contributed by atoms with Crippen molar-refractivity contribution in [1.82, 2.24) is 0 Å². The van der Waals surface area contributed by atoms with Crippen LogP contribution < -0.4 is 10.6 Å². The third-order valence-corrected chi connectivity index (χ3v) is 4.26. The highest BCUT2D eigenvalue weighted by atomic mass is 35.5. The standard InChI is InChI=1S/C16H19P.ClH/c1-3-13-5-9-15(10-6-13)17-16-11-7-14(4-2)8-12-16;/h5-12,17H,3-4H2,1-2H3;1H. The van der Waals surface area contributed by atoms with Crippen molar-refractivity contribution in [2.24, 2.45) is 0 Å². The molecule has 0 nitrogen and oxygen atoms in total. The summed E-state index contributed by atoms with van der Waals surface area (Å²) in [5.74, 6) is 0. The normalized spacial score (nSPS) is 9.89. The minimum atomic E-state index is 0. The summed E-state index contributed by atoms with van der Waals surface area (Å²) in [5, 5.41) is 2.85. The third-order valence-electron chi connectivity index (χ3n) is 3.01. The van der Waals surface area contributed by atoms with E-state index >= 15 is 0 Å². The van der Waals surface area contributed by atoms with Crippen LogP contribution in [0.4, 0.5) is 0 Å². The lowest BCUT2D eigenvalue weighted by Gasteiger charge is -2.04. The van der Waals surface area contributed by atoms with Crippen LogP contribution in [0, 0.1) is 0 Å². The van der Waals surface area contributed by atoms with Crippen molar-refractivity contribution >= 4 is 31.6 Å². The Morgan fingerprint density at radius 1 is 0.667 bits per heavy atom. The van der Waals surface area contributed by atoms with Gasteiger partial charge >= 0.3 is 0 Å². The zero-order valence-electron chi connectivity index (χ0n) is 10.9. The molecule has 0 saturated heterocycles. The second-order valence-corrected chi connectivity index (χ2v) is 5.63. The van der Waals surface area contributed by atoms with E-state index in [1.807, 2.05) is 0 Å². The maximum absolute atomic E-state index is 2.25. The number of halogens is 1. The van der Waals surface area contributed by atoms with Gasteiger partial charge in [0.05, 0.1) is 0 Å². The molecule has 18 heavy (non-hydrogen) atoms. The van der Waals surface area contributed by atoms with E-state index in [4.69, 9.17) is 0 Å². The molecule has 2 aromatic carbocycles. The van der Waals surface area contributed by atoms with Crippen molar-refractivity contribution in [1.29, 1.82) is 0 Å². The second-order valence-electron chi connectivity index (χ2n) is 4.23. The summed E-state index contributed by atoms with van der Waals surface area (Å²) in [4.78, 5) is 0. The molecule has 0 aliphatic carbocycles. The SMILES string of the molecule is CCc1ccc(Pc2ccc(CC)cc2)cc1.Cl. The molecule has 96 valence electrons. The first-order valence-electron chi connectivity index (χ1n) is 6.26. The molecule has 0 bridgehead atoms. The van der Waals surface area contributed by atoms with Crippen molar-refractivity contribution in [3.8, 4) is 0 Å². The van der Waals surface area contributed by atoms with Crippen LogP contribution in [0.3, 0.4) is 0 Å². The molecular formula is C16H20ClP. The van der Waals surface area contributed by atoms with Gasteiger partial charge in [0.1, 0.15) is 0 Å². The molecule has 0 saturated carbocycles. The second kappa shape index (κ2) is 7.56. The van der Waals surface area contributed by atoms with E-state index in [9.17, 15) is 0 Å². The summed E-state index contributed by atoms with van der Waals surface area (Å²) in [6.45, 7) is 4.39. The zero-order valence-corrected chi connectivity index (χ0v) is 12.8. The highest BCUT2D eigenvalue weighted by Crippen LogP contribution is 2.12. The summed E-state index contributed by atoms with van der Waals surface area (Å²) >= 11 is 0. The van der Waals surface area contributed by atoms with Crippen LogP contribution in [0.2, 0.25) is 0 Å². The Labute approximate surface area is 118 Å². The fourth-order valence-corrected chi connectivity index (χ4v) is 2.81. The van der Waals surface area contributed by atoms with E-state index in [0.717, 1.165) is 21.4 Å². The zero-order chi connectivity index (χ0) is 12.1. The molecule has 0 unspecified atom stereocenters. The van der Waals surface area contributed by atoms with E-state index in [1.165, 1.54) is 21.7 Å². The monoisotopic (exact) mass is 278 g/mol. The molecule has 0 aliphatic rings. The summed E-state index contributed by atoms with van der Waals surface area (Å²) in [7, 11) is 0.772. The van der Waals surface area contributed by atoms with Gasteiger partial charge in [-0.1, -0.05) is 71.0 Å². The van der Waals surface area contributed by atoms with Crippen LogP contribution >= 0.6 is 21.0 Å². The van der Waals surface area contributed by atoms with Crippen LogP contribution in [0.15, 0.2) is 48.5 Å². The molecule has 2 aromatic rings. The van der Waals surface area contributed by atoms with Crippen LogP contribution in [-0.2, 0) is 12.8 Å². The summed E-state index contributed by atoms with van der Waals surface area (Å²) < 4.78 is 0. The maximum atomic E-state index is 2.25. The molecule has 0 spiro atoms. The average molecular weight is 279 g/mol. The number of benzene rings is 2. The van der Waals surface area contributed by atoms with E-state index < -0.39 is 0 Å². The molecule has 0 aliphatic heterocycles. The summed E-state index contributed by atoms with van der Waals surface area (Å²) in [6.07, 6.45) is 2.24. The Kier molecular flexibility index (Phi) is 6.39. The molecule has 0 heterocycles. The number of rotatable bonds is 4. The Morgan fingerprint density at radius 2 is 1.00 bits per heavy atom. The van der Waals surface area contributed by atoms with Gasteiger partial charge in [-0.25, -0.2) is 0 Å². The highest BCUT2D eigenvalue weighted by molar-refractivity contribution is 7.55. The molecule has 0 aromatic heterocycles. The van der Waals surface area contributed by atoms with E-state index in [0.29, 0.717) is 0 Å². The average Bonchev–Trinajstić information content (AvgIpc) is 2.40. The van der Waals surface area contributed by atoms with Crippen molar-refractivity contribution in [2.45, 2.75) is 26.7 Å². The predicted octanol–water partition coefficient (Wildman–Crippen LogP) is 3.86. The van der Waals surface area contributed by atoms with E-state index in [2.05, 4.69) is 62.4 Å². The minimum absolute atomic E-state index is 0. The van der Waals surface area contributed by atoms with Gasteiger partial charge in [0.25, 0.3) is 0 Å². The predicted molar refractivity (Wildman–Crippen MR) is 86.5 cm³/mol. The van der Waals surface area contributed by atoms with Gasteiger partial charge in [-0.05, 0) is 34.6 Å². The molecule has 0 N–H and O–H groups in total. The van der Waals surface area contributed by atoms with E-state index in [1.54, 1.807) is 0 Å². The van der Waals surface area contributed by atoms with Crippen molar-refractivity contribution in [3.05, 3.63) is 59.7 Å². The smallest absolute Gasteiger partial charge is 0.0226 e. The topological polar surface area (TPSA) is 0 Å². The Morgan fingerprint density at radius 3 is 1.28 bits per heavy atom. The van der Waals surface area contributed by atoms with Crippen LogP contribution in [0.5, 0.6) is 0 Å². The molecule has 0 atom stereocenters. The number of hydrogen-bond acceptors (Lipinski definition) is 0. The number of hydrogen-bond donors (Lipinski definition) is 0. The highest BCUT2D eigenvalue weighted by Gasteiger charge is 1.97. The van der Waals surface area contributed by atoms with Crippen molar-refractivity contribution in [3.63, 3.8) is 0 Å². The van der Waals surface area contributed by atoms with Crippen molar-refractivity contribution in [2.75, 3.05) is 0 Å². The molecular weight excluding hydrogens is 259 g/mol. The quantitative estimate of drug-likeness (QED) is 0.745. The largest absolute Gasteiger partial charge is 0.147 e. The number of aryl methyl sites for hydroxylation is 2. The van der Waals surface area contributed by atoms with Crippen LogP contribution in [0.25, 0.3) is 0 Å². The van der Waals surface area contributed by atoms with Gasteiger partial charge < -0.3 is 0 Å². The first kappa shape index (κ1) is 15.2. The maximum Gasteiger partial charge on any atom is -0.0226 e. The first-order valence-corrected chi connectivity index (χ1v) is 7.26. The van der Waals surface area contributed by atoms with Gasteiger partial charge in [0, 0.05) is 0 Å². The lowest BCUT2D eigenvalue weighted by Crippen LogP contribution is -2.03. The lowest BCUT2D eigenvalue weighted by atomic mass is 10.2. The minimum Gasteiger partial charge on any atom is -0.147 e. The molecule has 0 radical (unpaired) electrons. The fraction of sp³-hybridized carbons (Fsp3) is 0.250. The van der Waals surface area contributed by atoms with Gasteiger partial charge in [-0.15, -0.1) is 12.4 Å². The third kappa shape index (κ3) is 4.12. The van der Waals surface area contributed by atoms with Crippen LogP contribution in [0.1, 0.15) is 25.0 Å². The van der Waals surface area contributed by atoms with Gasteiger partial charge in [0.2, 0.25) is 0 Å². The molecule has 2 rings (SSSR count). The summed E-state index contributed by atoms with van der Waals surface area (Å²) in [5.41, 5.74) is 2.83. The Hall–Kier alpha value is -0.840. The Balaban J connectivity index is 0.00000162. The van der Waals surface area contributed by atoms with Crippen LogP contribution in [-0.4, -0.2) is 0 Å².